The van der Waals surface area contributed by atoms with Gasteiger partial charge in [-0.15, -0.1) is 0 Å². The summed E-state index contributed by atoms with van der Waals surface area (Å²) in [5.74, 6) is -3.11. The summed E-state index contributed by atoms with van der Waals surface area (Å²) in [7, 11) is 2.59. The fourth-order valence-electron chi connectivity index (χ4n) is 3.29. The van der Waals surface area contributed by atoms with Crippen LogP contribution in [-0.2, 0) is 16.1 Å². The number of anilines is 1. The largest absolute Gasteiger partial charge is 0.493 e. The second kappa shape index (κ2) is 10.5. The van der Waals surface area contributed by atoms with E-state index in [2.05, 4.69) is 4.98 Å². The Morgan fingerprint density at radius 1 is 1.23 bits per heavy atom. The number of halogens is 2. The molecule has 1 aromatic heterocycles. The van der Waals surface area contributed by atoms with Crippen LogP contribution in [-0.4, -0.2) is 53.9 Å². The Kier molecular flexibility index (Phi) is 7.69. The summed E-state index contributed by atoms with van der Waals surface area (Å²) in [5.41, 5.74) is -0.685. The Hall–Kier alpha value is -4.00. The molecule has 12 nitrogen and oxygen atoms in total. The topological polar surface area (TPSA) is 158 Å². The van der Waals surface area contributed by atoms with Gasteiger partial charge >= 0.3 is 12.1 Å². The number of hydrogen-bond donors (Lipinski definition) is 1. The number of pyridine rings is 1. The number of imide groups is 1. The maximum Gasteiger partial charge on any atom is 0.422 e. The summed E-state index contributed by atoms with van der Waals surface area (Å²) in [5, 5.41) is 20.3. The molecular formula is C21H19ClFN3O9. The van der Waals surface area contributed by atoms with Crippen LogP contribution < -0.4 is 14.4 Å². The van der Waals surface area contributed by atoms with Gasteiger partial charge in [0.15, 0.2) is 24.0 Å². The van der Waals surface area contributed by atoms with Crippen molar-refractivity contribution in [3.05, 3.63) is 50.2 Å². The molecule has 0 radical (unpaired) electrons. The highest BCUT2D eigenvalue weighted by atomic mass is 35.5. The molecule has 186 valence electrons. The molecule has 14 heteroatoms. The average molecular weight is 512 g/mol. The Bertz CT molecular complexity index is 1200. The number of ether oxygens (including phenoxy) is 3. The molecular weight excluding hydrogens is 493 g/mol. The molecule has 1 aliphatic carbocycles. The fraction of sp³-hybridized carbons (Fsp3) is 0.333. The van der Waals surface area contributed by atoms with Gasteiger partial charge in [-0.1, -0.05) is 11.6 Å². The molecule has 1 saturated carbocycles. The maximum atomic E-state index is 13.4. The van der Waals surface area contributed by atoms with Crippen LogP contribution in [0.15, 0.2) is 18.2 Å². The van der Waals surface area contributed by atoms with Crippen molar-refractivity contribution in [1.29, 1.82) is 0 Å². The molecule has 35 heavy (non-hydrogen) atoms. The van der Waals surface area contributed by atoms with Gasteiger partial charge < -0.3 is 19.3 Å². The van der Waals surface area contributed by atoms with E-state index in [1.165, 1.54) is 26.4 Å². The van der Waals surface area contributed by atoms with Gasteiger partial charge in [-0.25, -0.2) is 19.0 Å². The zero-order chi connectivity index (χ0) is 25.9. The van der Waals surface area contributed by atoms with Gasteiger partial charge in [0.05, 0.1) is 36.3 Å². The molecule has 1 aliphatic rings. The van der Waals surface area contributed by atoms with Crippen LogP contribution in [0.25, 0.3) is 0 Å². The number of nitro benzene ring substituents is 1. The minimum absolute atomic E-state index is 0.0648. The molecule has 3 rings (SSSR count). The number of alkyl halides is 1. The van der Waals surface area contributed by atoms with Gasteiger partial charge in [0.1, 0.15) is 11.8 Å². The van der Waals surface area contributed by atoms with Crippen molar-refractivity contribution in [2.24, 2.45) is 0 Å². The first kappa shape index (κ1) is 25.6. The summed E-state index contributed by atoms with van der Waals surface area (Å²) < 4.78 is 28.6. The van der Waals surface area contributed by atoms with E-state index >= 15 is 0 Å². The standard InChI is InChI=1S/C21H19ClFN3O9/c1-33-15-5-11(14(26(31)32)7-16(15)34-2)9-35-21(30)25(17(27)8-23)19-12(10-3-4-10)6-13(20(28)29)18(22)24-19/h5-7,10H,3-4,8-9H2,1-2H3,(H,28,29). The monoisotopic (exact) mass is 511 g/mol. The first-order valence-corrected chi connectivity index (χ1v) is 10.4. The van der Waals surface area contributed by atoms with E-state index in [0.717, 1.165) is 6.07 Å². The van der Waals surface area contributed by atoms with E-state index in [9.17, 15) is 34.0 Å². The third kappa shape index (κ3) is 5.40. The first-order valence-electron chi connectivity index (χ1n) is 10.0. The van der Waals surface area contributed by atoms with Crippen LogP contribution in [0.1, 0.15) is 40.2 Å². The lowest BCUT2D eigenvalue weighted by Gasteiger charge is -2.22. The normalized spacial score (nSPS) is 12.6. The summed E-state index contributed by atoms with van der Waals surface area (Å²) in [6, 6.07) is 3.47. The van der Waals surface area contributed by atoms with Crippen molar-refractivity contribution in [1.82, 2.24) is 4.98 Å². The lowest BCUT2D eigenvalue weighted by molar-refractivity contribution is -0.385. The number of hydrogen-bond acceptors (Lipinski definition) is 9. The van der Waals surface area contributed by atoms with Gasteiger partial charge in [0, 0.05) is 0 Å². The zero-order valence-electron chi connectivity index (χ0n) is 18.4. The molecule has 2 aromatic rings. The predicted molar refractivity (Wildman–Crippen MR) is 118 cm³/mol. The van der Waals surface area contributed by atoms with Crippen molar-refractivity contribution >= 4 is 41.1 Å². The van der Waals surface area contributed by atoms with Gasteiger partial charge in [0.25, 0.3) is 11.6 Å². The number of carbonyl (C=O) groups excluding carboxylic acids is 2. The van der Waals surface area contributed by atoms with Crippen LogP contribution >= 0.6 is 11.6 Å². The fourth-order valence-corrected chi connectivity index (χ4v) is 3.50. The highest BCUT2D eigenvalue weighted by Crippen LogP contribution is 2.45. The van der Waals surface area contributed by atoms with Crippen LogP contribution in [0.3, 0.4) is 0 Å². The Morgan fingerprint density at radius 2 is 1.86 bits per heavy atom. The number of methoxy groups -OCH3 is 2. The van der Waals surface area contributed by atoms with E-state index in [1.807, 2.05) is 0 Å². The second-order valence-corrected chi connectivity index (χ2v) is 7.69. The highest BCUT2D eigenvalue weighted by molar-refractivity contribution is 6.32. The Balaban J connectivity index is 1.98. The van der Waals surface area contributed by atoms with Crippen LogP contribution in [0.4, 0.5) is 20.7 Å². The van der Waals surface area contributed by atoms with Crippen molar-refractivity contribution in [3.63, 3.8) is 0 Å². The maximum absolute atomic E-state index is 13.4. The van der Waals surface area contributed by atoms with E-state index in [0.29, 0.717) is 17.7 Å². The molecule has 0 bridgehead atoms. The minimum atomic E-state index is -1.60. The summed E-state index contributed by atoms with van der Waals surface area (Å²) >= 11 is 5.93. The number of nitrogens with zero attached hydrogens (tertiary/aromatic N) is 3. The molecule has 0 aliphatic heterocycles. The quantitative estimate of drug-likeness (QED) is 0.297. The molecule has 0 saturated heterocycles. The number of aromatic nitrogens is 1. The summed E-state index contributed by atoms with van der Waals surface area (Å²) in [6.45, 7) is -2.29. The van der Waals surface area contributed by atoms with Crippen LogP contribution in [0.2, 0.25) is 5.15 Å². The van der Waals surface area contributed by atoms with E-state index in [-0.39, 0.29) is 39.9 Å². The summed E-state index contributed by atoms with van der Waals surface area (Å²) in [4.78, 5) is 51.6. The number of nitro groups is 1. The molecule has 1 N–H and O–H groups in total. The number of carboxylic acids is 1. The first-order chi connectivity index (χ1) is 16.6. The number of amides is 2. The smallest absolute Gasteiger partial charge is 0.422 e. The third-order valence-corrected chi connectivity index (χ3v) is 5.41. The molecule has 1 aromatic carbocycles. The Labute approximate surface area is 202 Å². The number of carboxylic acid groups (broad SMARTS) is 1. The number of rotatable bonds is 9. The van der Waals surface area contributed by atoms with Crippen molar-refractivity contribution < 1.29 is 43.0 Å². The molecule has 2 amide bonds. The van der Waals surface area contributed by atoms with E-state index < -0.39 is 47.0 Å². The predicted octanol–water partition coefficient (Wildman–Crippen LogP) is 3.88. The van der Waals surface area contributed by atoms with Gasteiger partial charge in [0.2, 0.25) is 0 Å². The summed E-state index contributed by atoms with van der Waals surface area (Å²) in [6.07, 6.45) is -0.134. The lowest BCUT2D eigenvalue weighted by Crippen LogP contribution is -2.40. The number of carbonyl (C=O) groups is 3. The third-order valence-electron chi connectivity index (χ3n) is 5.12. The second-order valence-electron chi connectivity index (χ2n) is 7.33. The van der Waals surface area contributed by atoms with Crippen molar-refractivity contribution in [2.45, 2.75) is 25.4 Å². The van der Waals surface area contributed by atoms with Gasteiger partial charge in [-0.2, -0.15) is 4.90 Å². The van der Waals surface area contributed by atoms with Crippen LogP contribution in [0, 0.1) is 10.1 Å². The van der Waals surface area contributed by atoms with Crippen LogP contribution in [0.5, 0.6) is 11.5 Å². The minimum Gasteiger partial charge on any atom is -0.493 e. The molecule has 0 unspecified atom stereocenters. The van der Waals surface area contributed by atoms with Gasteiger partial charge in [-0.05, 0) is 36.5 Å². The highest BCUT2D eigenvalue weighted by Gasteiger charge is 2.36. The van der Waals surface area contributed by atoms with E-state index in [4.69, 9.17) is 25.8 Å². The van der Waals surface area contributed by atoms with Gasteiger partial charge in [-0.3, -0.25) is 14.9 Å². The zero-order valence-corrected chi connectivity index (χ0v) is 19.2. The lowest BCUT2D eigenvalue weighted by atomic mass is 10.1. The Morgan fingerprint density at radius 3 is 2.37 bits per heavy atom. The molecule has 1 fully saturated rings. The molecule has 0 atom stereocenters. The van der Waals surface area contributed by atoms with E-state index in [1.54, 1.807) is 0 Å². The number of aromatic carboxylic acids is 1. The molecule has 1 heterocycles. The number of benzene rings is 1. The van der Waals surface area contributed by atoms with Crippen molar-refractivity contribution in [2.75, 3.05) is 25.8 Å². The van der Waals surface area contributed by atoms with Crippen molar-refractivity contribution in [3.8, 4) is 11.5 Å². The molecule has 0 spiro atoms. The average Bonchev–Trinajstić information content (AvgIpc) is 3.67. The SMILES string of the molecule is COc1cc(COC(=O)N(C(=O)CF)c2nc(Cl)c(C(=O)O)cc2C2CC2)c([N+](=O)[O-])cc1OC.